The molecule has 0 radical (unpaired) electrons. The molecule has 13 nitrogen and oxygen atoms in total. The predicted molar refractivity (Wildman–Crippen MR) is 192 cm³/mol. The monoisotopic (exact) mass is 705 g/mol. The third-order valence-electron chi connectivity index (χ3n) is 9.62. The van der Waals surface area contributed by atoms with Gasteiger partial charge in [0.05, 0.1) is 24.2 Å². The number of hydrogen-bond acceptors (Lipinski definition) is 9. The van der Waals surface area contributed by atoms with Crippen molar-refractivity contribution in [3.8, 4) is 0 Å². The average molecular weight is 706 g/mol. The lowest BCUT2D eigenvalue weighted by atomic mass is 9.83. The van der Waals surface area contributed by atoms with Gasteiger partial charge in [-0.2, -0.15) is 0 Å². The first-order valence-electron chi connectivity index (χ1n) is 17.8. The first-order valence-corrected chi connectivity index (χ1v) is 18.8. The van der Waals surface area contributed by atoms with E-state index in [0.717, 1.165) is 31.2 Å². The van der Waals surface area contributed by atoms with E-state index in [-0.39, 0.29) is 24.9 Å². The SMILES string of the molecule is NC1CCN(C(=O)N[C@@H](Cc2ccccc2)C(=O)N[C@@H](Cc2c[nH]cn2)C(=O)N[C@@H](CC2CCCCC2)[C@@H](O)CCSc2ncccn2)CC1. The Morgan fingerprint density at radius 2 is 1.60 bits per heavy atom. The van der Waals surface area contributed by atoms with Crippen LogP contribution in [0.2, 0.25) is 0 Å². The van der Waals surface area contributed by atoms with Crippen LogP contribution in [0.1, 0.15) is 69.0 Å². The molecule has 2 aromatic heterocycles. The third-order valence-corrected chi connectivity index (χ3v) is 10.5. The summed E-state index contributed by atoms with van der Waals surface area (Å²) in [4.78, 5) is 58.9. The summed E-state index contributed by atoms with van der Waals surface area (Å²) in [6.07, 6.45) is 14.2. The molecule has 2 aliphatic rings. The Morgan fingerprint density at radius 3 is 2.30 bits per heavy atom. The Hall–Kier alpha value is -4.01. The molecule has 3 heterocycles. The number of aliphatic hydroxyl groups excluding tert-OH is 1. The normalized spacial score (nSPS) is 18.1. The quantitative estimate of drug-likeness (QED) is 0.0961. The lowest BCUT2D eigenvalue weighted by molar-refractivity contribution is -0.130. The first-order chi connectivity index (χ1) is 24.3. The topological polar surface area (TPSA) is 191 Å². The second-order valence-corrected chi connectivity index (χ2v) is 14.5. The molecule has 5 rings (SSSR count). The Labute approximate surface area is 298 Å². The molecule has 1 saturated carbocycles. The van der Waals surface area contributed by atoms with E-state index in [4.69, 9.17) is 5.73 Å². The minimum absolute atomic E-state index is 0.0564. The summed E-state index contributed by atoms with van der Waals surface area (Å²) in [5.41, 5.74) is 7.52. The molecule has 0 bridgehead atoms. The van der Waals surface area contributed by atoms with Gasteiger partial charge in [0.15, 0.2) is 5.16 Å². The van der Waals surface area contributed by atoms with E-state index >= 15 is 0 Å². The molecule has 2 fully saturated rings. The Morgan fingerprint density at radius 1 is 0.900 bits per heavy atom. The van der Waals surface area contributed by atoms with Crippen molar-refractivity contribution in [1.29, 1.82) is 0 Å². The smallest absolute Gasteiger partial charge is 0.318 e. The van der Waals surface area contributed by atoms with Gasteiger partial charge in [0.2, 0.25) is 11.8 Å². The zero-order valence-corrected chi connectivity index (χ0v) is 29.4. The third kappa shape index (κ3) is 11.8. The van der Waals surface area contributed by atoms with Gasteiger partial charge in [-0.15, -0.1) is 0 Å². The largest absolute Gasteiger partial charge is 0.391 e. The molecule has 50 heavy (non-hydrogen) atoms. The van der Waals surface area contributed by atoms with Gasteiger partial charge in [-0.1, -0.05) is 74.2 Å². The number of carbonyl (C=O) groups is 3. The Balaban J connectivity index is 1.30. The molecule has 7 N–H and O–H groups in total. The number of nitrogens with two attached hydrogens (primary N) is 1. The van der Waals surface area contributed by atoms with Gasteiger partial charge in [0.25, 0.3) is 0 Å². The van der Waals surface area contributed by atoms with Gasteiger partial charge in [0, 0.05) is 56.3 Å². The van der Waals surface area contributed by atoms with Crippen molar-refractivity contribution in [2.45, 2.75) is 106 Å². The van der Waals surface area contributed by atoms with E-state index < -0.39 is 36.0 Å². The average Bonchev–Trinajstić information content (AvgIpc) is 3.65. The lowest BCUT2D eigenvalue weighted by Crippen LogP contribution is -2.59. The van der Waals surface area contributed by atoms with Crippen LogP contribution in [0, 0.1) is 5.92 Å². The number of piperidine rings is 1. The van der Waals surface area contributed by atoms with Gasteiger partial charge < -0.3 is 36.7 Å². The van der Waals surface area contributed by atoms with Crippen LogP contribution in [0.3, 0.4) is 0 Å². The second kappa shape index (κ2) is 19.4. The molecule has 270 valence electrons. The van der Waals surface area contributed by atoms with Crippen LogP contribution < -0.4 is 21.7 Å². The van der Waals surface area contributed by atoms with E-state index in [9.17, 15) is 19.5 Å². The van der Waals surface area contributed by atoms with Gasteiger partial charge in [0.1, 0.15) is 12.1 Å². The number of H-pyrrole nitrogens is 1. The Bertz CT molecular complexity index is 1450. The zero-order chi connectivity index (χ0) is 35.1. The maximum Gasteiger partial charge on any atom is 0.318 e. The summed E-state index contributed by atoms with van der Waals surface area (Å²) < 4.78 is 0. The lowest BCUT2D eigenvalue weighted by Gasteiger charge is -2.33. The van der Waals surface area contributed by atoms with Crippen LogP contribution >= 0.6 is 11.8 Å². The summed E-state index contributed by atoms with van der Waals surface area (Å²) in [6.45, 7) is 1.02. The van der Waals surface area contributed by atoms with Gasteiger partial charge in [-0.3, -0.25) is 9.59 Å². The van der Waals surface area contributed by atoms with E-state index in [2.05, 4.69) is 35.9 Å². The van der Waals surface area contributed by atoms with Gasteiger partial charge in [-0.25, -0.2) is 19.7 Å². The maximum atomic E-state index is 14.1. The van der Waals surface area contributed by atoms with Crippen LogP contribution in [0.4, 0.5) is 4.79 Å². The highest BCUT2D eigenvalue weighted by Gasteiger charge is 2.33. The van der Waals surface area contributed by atoms with Crippen molar-refractivity contribution in [3.63, 3.8) is 0 Å². The molecule has 0 unspecified atom stereocenters. The molecule has 4 amide bonds. The molecule has 14 heteroatoms. The van der Waals surface area contributed by atoms with Crippen molar-refractivity contribution in [1.82, 2.24) is 40.8 Å². The maximum absolute atomic E-state index is 14.1. The van der Waals surface area contributed by atoms with Crippen LogP contribution in [-0.2, 0) is 22.4 Å². The van der Waals surface area contributed by atoms with Crippen molar-refractivity contribution < 1.29 is 19.5 Å². The van der Waals surface area contributed by atoms with Crippen molar-refractivity contribution >= 4 is 29.6 Å². The highest BCUT2D eigenvalue weighted by molar-refractivity contribution is 7.99. The number of urea groups is 1. The molecule has 3 aromatic rings. The number of nitrogens with zero attached hydrogens (tertiary/aromatic N) is 4. The first kappa shape index (κ1) is 37.3. The fourth-order valence-electron chi connectivity index (χ4n) is 6.70. The van der Waals surface area contributed by atoms with E-state index in [1.807, 2.05) is 30.3 Å². The minimum Gasteiger partial charge on any atom is -0.391 e. The van der Waals surface area contributed by atoms with Crippen LogP contribution in [0.15, 0.2) is 66.5 Å². The standard InChI is InChI=1S/C36H51N9O4S/c37-27-12-17-45(18-13-27)36(49)44-30(21-26-10-5-2-6-11-26)33(47)43-31(22-28-23-38-24-41-28)34(48)42-29(20-25-8-3-1-4-9-25)32(46)14-19-50-35-39-15-7-16-40-35/h2,5-7,10-11,15-16,23-25,27,29-32,46H,1,3-4,8-9,12-14,17-22,37H2,(H,38,41)(H,42,48)(H,43,47)(H,44,49)/t29-,30-,31-,32-/m0/s1. The molecule has 1 saturated heterocycles. The number of hydrogen-bond donors (Lipinski definition) is 6. The number of amides is 4. The number of thioether (sulfide) groups is 1. The van der Waals surface area contributed by atoms with Gasteiger partial charge >= 0.3 is 6.03 Å². The number of aromatic amines is 1. The number of likely N-dealkylation sites (tertiary alicyclic amines) is 1. The number of aromatic nitrogens is 4. The number of rotatable bonds is 16. The summed E-state index contributed by atoms with van der Waals surface area (Å²) in [6, 6.07) is 8.51. The van der Waals surface area contributed by atoms with E-state index in [1.54, 1.807) is 29.6 Å². The number of benzene rings is 1. The molecule has 0 spiro atoms. The van der Waals surface area contributed by atoms with Crippen LogP contribution in [0.5, 0.6) is 0 Å². The van der Waals surface area contributed by atoms with Gasteiger partial charge in [-0.05, 0) is 43.2 Å². The minimum atomic E-state index is -0.998. The number of carbonyl (C=O) groups excluding carboxylic acids is 3. The summed E-state index contributed by atoms with van der Waals surface area (Å²) >= 11 is 1.46. The Kier molecular flexibility index (Phi) is 14.5. The summed E-state index contributed by atoms with van der Waals surface area (Å²) in [5, 5.41) is 21.1. The number of imidazole rings is 1. The van der Waals surface area contributed by atoms with Crippen molar-refractivity contribution in [3.05, 3.63) is 72.6 Å². The fourth-order valence-corrected chi connectivity index (χ4v) is 7.52. The number of aliphatic hydroxyl groups is 1. The molecule has 4 atom stereocenters. The predicted octanol–water partition coefficient (Wildman–Crippen LogP) is 2.97. The van der Waals surface area contributed by atoms with Crippen LogP contribution in [-0.4, -0.2) is 96.9 Å². The highest BCUT2D eigenvalue weighted by Crippen LogP contribution is 2.29. The summed E-state index contributed by atoms with van der Waals surface area (Å²) in [5.74, 6) is 0.0905. The molecule has 1 aliphatic carbocycles. The van der Waals surface area contributed by atoms with Crippen molar-refractivity contribution in [2.75, 3.05) is 18.8 Å². The van der Waals surface area contributed by atoms with Crippen molar-refractivity contribution in [2.24, 2.45) is 11.7 Å². The fraction of sp³-hybridized carbons (Fsp3) is 0.556. The van der Waals surface area contributed by atoms with E-state index in [1.165, 1.54) is 24.5 Å². The summed E-state index contributed by atoms with van der Waals surface area (Å²) in [7, 11) is 0. The second-order valence-electron chi connectivity index (χ2n) is 13.4. The molecular formula is C36H51N9O4S. The molecule has 1 aromatic carbocycles. The molecular weight excluding hydrogens is 655 g/mol. The zero-order valence-electron chi connectivity index (χ0n) is 28.6. The number of nitrogens with one attached hydrogen (secondary N) is 4. The molecule has 1 aliphatic heterocycles. The van der Waals surface area contributed by atoms with E-state index in [0.29, 0.717) is 61.3 Å². The highest BCUT2D eigenvalue weighted by atomic mass is 32.2. The van der Waals surface area contributed by atoms with Crippen LogP contribution in [0.25, 0.3) is 0 Å².